The smallest absolute Gasteiger partial charge is 0.253 e. The minimum atomic E-state index is -3.32. The van der Waals surface area contributed by atoms with Crippen LogP contribution in [0, 0.1) is 6.92 Å². The van der Waals surface area contributed by atoms with Crippen molar-refractivity contribution in [1.29, 1.82) is 0 Å². The van der Waals surface area contributed by atoms with Gasteiger partial charge >= 0.3 is 0 Å². The van der Waals surface area contributed by atoms with Crippen molar-refractivity contribution in [3.05, 3.63) is 53.6 Å². The van der Waals surface area contributed by atoms with E-state index in [9.17, 15) is 18.0 Å². The lowest BCUT2D eigenvalue weighted by atomic mass is 10.1. The highest BCUT2D eigenvalue weighted by Crippen LogP contribution is 2.20. The van der Waals surface area contributed by atoms with Crippen LogP contribution >= 0.6 is 0 Å². The molecule has 0 aliphatic carbocycles. The highest BCUT2D eigenvalue weighted by atomic mass is 32.2. The zero-order valence-corrected chi connectivity index (χ0v) is 18.0. The number of hydrogen-bond acceptors (Lipinski definition) is 5. The first-order valence-corrected chi connectivity index (χ1v) is 11.3. The minimum Gasteiger partial charge on any atom is -0.376 e. The monoisotopic (exact) mass is 417 g/mol. The molecule has 8 heteroatoms. The third-order valence-corrected chi connectivity index (χ3v) is 5.65. The zero-order valence-electron chi connectivity index (χ0n) is 17.2. The Morgan fingerprint density at radius 3 is 2.17 bits per heavy atom. The maximum absolute atomic E-state index is 12.3. The molecule has 0 saturated heterocycles. The molecule has 29 heavy (non-hydrogen) atoms. The van der Waals surface area contributed by atoms with Crippen molar-refractivity contribution in [2.75, 3.05) is 36.5 Å². The summed E-state index contributed by atoms with van der Waals surface area (Å²) < 4.78 is 23.4. The number of amides is 2. The summed E-state index contributed by atoms with van der Waals surface area (Å²) in [5.41, 5.74) is 2.57. The van der Waals surface area contributed by atoms with E-state index in [-0.39, 0.29) is 23.3 Å². The normalized spacial score (nSPS) is 11.0. The minimum absolute atomic E-state index is 0.0197. The van der Waals surface area contributed by atoms with Gasteiger partial charge in [0.25, 0.3) is 5.91 Å². The van der Waals surface area contributed by atoms with Gasteiger partial charge in [-0.2, -0.15) is 0 Å². The standard InChI is InChI=1S/C21H27N3O4S/c1-5-24(6-2)21(26)16-8-10-17(11-9-16)23-20(25)14-22-19-13-18(29(4,27)28)12-7-15(19)3/h7-13,22H,5-6,14H2,1-4H3,(H,23,25). The predicted octanol–water partition coefficient (Wildman–Crippen LogP) is 2.93. The number of aryl methyl sites for hydroxylation is 1. The van der Waals surface area contributed by atoms with Gasteiger partial charge in [-0.05, 0) is 62.7 Å². The molecule has 0 spiro atoms. The van der Waals surface area contributed by atoms with Crippen molar-refractivity contribution in [3.63, 3.8) is 0 Å². The van der Waals surface area contributed by atoms with Gasteiger partial charge in [-0.1, -0.05) is 6.07 Å². The first-order chi connectivity index (χ1) is 13.7. The molecule has 0 fully saturated rings. The van der Waals surface area contributed by atoms with Crippen LogP contribution in [0.3, 0.4) is 0 Å². The lowest BCUT2D eigenvalue weighted by molar-refractivity contribution is -0.114. The molecule has 0 bridgehead atoms. The zero-order chi connectivity index (χ0) is 21.6. The van der Waals surface area contributed by atoms with Crippen molar-refractivity contribution in [2.45, 2.75) is 25.7 Å². The lowest BCUT2D eigenvalue weighted by Crippen LogP contribution is -2.30. The van der Waals surface area contributed by atoms with Gasteiger partial charge in [-0.15, -0.1) is 0 Å². The Kier molecular flexibility index (Phi) is 7.39. The second-order valence-electron chi connectivity index (χ2n) is 6.71. The molecule has 0 saturated carbocycles. The van der Waals surface area contributed by atoms with E-state index in [1.807, 2.05) is 20.8 Å². The Morgan fingerprint density at radius 2 is 1.62 bits per heavy atom. The quantitative estimate of drug-likeness (QED) is 0.689. The summed E-state index contributed by atoms with van der Waals surface area (Å²) in [4.78, 5) is 26.5. The Bertz CT molecular complexity index is 981. The SMILES string of the molecule is CCN(CC)C(=O)c1ccc(NC(=O)CNc2cc(S(C)(=O)=O)ccc2C)cc1. The number of hydrogen-bond donors (Lipinski definition) is 2. The van der Waals surface area contributed by atoms with Crippen molar-refractivity contribution >= 4 is 33.0 Å². The molecular weight excluding hydrogens is 390 g/mol. The third kappa shape index (κ3) is 6.05. The van der Waals surface area contributed by atoms with Crippen LogP contribution in [-0.2, 0) is 14.6 Å². The Morgan fingerprint density at radius 1 is 1.00 bits per heavy atom. The van der Waals surface area contributed by atoms with E-state index in [1.165, 1.54) is 12.1 Å². The van der Waals surface area contributed by atoms with E-state index in [0.29, 0.717) is 30.0 Å². The fraction of sp³-hybridized carbons (Fsp3) is 0.333. The van der Waals surface area contributed by atoms with Crippen LogP contribution in [0.1, 0.15) is 29.8 Å². The number of sulfone groups is 1. The molecule has 0 aromatic heterocycles. The summed E-state index contributed by atoms with van der Waals surface area (Å²) in [6.45, 7) is 6.94. The second kappa shape index (κ2) is 9.56. The summed E-state index contributed by atoms with van der Waals surface area (Å²) in [5, 5.41) is 5.72. The van der Waals surface area contributed by atoms with E-state index >= 15 is 0 Å². The van der Waals surface area contributed by atoms with E-state index < -0.39 is 9.84 Å². The van der Waals surface area contributed by atoms with Crippen molar-refractivity contribution in [2.24, 2.45) is 0 Å². The summed E-state index contributed by atoms with van der Waals surface area (Å²) in [7, 11) is -3.32. The van der Waals surface area contributed by atoms with Crippen LogP contribution in [0.25, 0.3) is 0 Å². The molecule has 156 valence electrons. The van der Waals surface area contributed by atoms with Crippen molar-refractivity contribution in [3.8, 4) is 0 Å². The molecule has 0 unspecified atom stereocenters. The van der Waals surface area contributed by atoms with Crippen molar-refractivity contribution < 1.29 is 18.0 Å². The molecular formula is C21H27N3O4S. The number of nitrogens with one attached hydrogen (secondary N) is 2. The van der Waals surface area contributed by atoms with E-state index in [4.69, 9.17) is 0 Å². The van der Waals surface area contributed by atoms with Crippen molar-refractivity contribution in [1.82, 2.24) is 4.90 Å². The van der Waals surface area contributed by atoms with Gasteiger partial charge in [0.1, 0.15) is 0 Å². The lowest BCUT2D eigenvalue weighted by Gasteiger charge is -2.18. The van der Waals surface area contributed by atoms with Gasteiger partial charge in [-0.3, -0.25) is 9.59 Å². The fourth-order valence-electron chi connectivity index (χ4n) is 2.79. The maximum atomic E-state index is 12.3. The van der Waals surface area contributed by atoms with Gasteiger partial charge in [0.05, 0.1) is 11.4 Å². The molecule has 2 rings (SSSR count). The van der Waals surface area contributed by atoms with Gasteiger partial charge in [0, 0.05) is 36.3 Å². The van der Waals surface area contributed by atoms with Gasteiger partial charge < -0.3 is 15.5 Å². The Hall–Kier alpha value is -2.87. The number of carbonyl (C=O) groups is 2. The number of anilines is 2. The van der Waals surface area contributed by atoms with Crippen LogP contribution in [0.5, 0.6) is 0 Å². The largest absolute Gasteiger partial charge is 0.376 e. The highest BCUT2D eigenvalue weighted by molar-refractivity contribution is 7.90. The topological polar surface area (TPSA) is 95.6 Å². The summed E-state index contributed by atoms with van der Waals surface area (Å²) in [6, 6.07) is 11.5. The molecule has 2 N–H and O–H groups in total. The summed E-state index contributed by atoms with van der Waals surface area (Å²) >= 11 is 0. The number of benzene rings is 2. The van der Waals surface area contributed by atoms with Gasteiger partial charge in [0.2, 0.25) is 5.91 Å². The maximum Gasteiger partial charge on any atom is 0.253 e. The number of carbonyl (C=O) groups excluding carboxylic acids is 2. The Labute approximate surface area is 172 Å². The predicted molar refractivity (Wildman–Crippen MR) is 115 cm³/mol. The number of rotatable bonds is 8. The molecule has 0 heterocycles. The molecule has 0 aliphatic heterocycles. The van der Waals surface area contributed by atoms with Crippen LogP contribution in [-0.4, -0.2) is 51.0 Å². The molecule has 0 aliphatic rings. The molecule has 2 aromatic carbocycles. The Balaban J connectivity index is 1.99. The first kappa shape index (κ1) is 22.4. The molecule has 2 amide bonds. The molecule has 0 radical (unpaired) electrons. The number of nitrogens with zero attached hydrogens (tertiary/aromatic N) is 1. The average molecular weight is 418 g/mol. The highest BCUT2D eigenvalue weighted by Gasteiger charge is 2.13. The van der Waals surface area contributed by atoms with E-state index in [1.54, 1.807) is 35.2 Å². The van der Waals surface area contributed by atoms with Crippen LogP contribution < -0.4 is 10.6 Å². The van der Waals surface area contributed by atoms with E-state index in [0.717, 1.165) is 11.8 Å². The average Bonchev–Trinajstić information content (AvgIpc) is 2.68. The van der Waals surface area contributed by atoms with Gasteiger partial charge in [0.15, 0.2) is 9.84 Å². The van der Waals surface area contributed by atoms with Crippen LogP contribution in [0.2, 0.25) is 0 Å². The summed E-state index contributed by atoms with van der Waals surface area (Å²) in [6.07, 6.45) is 1.14. The third-order valence-electron chi connectivity index (χ3n) is 4.54. The molecule has 2 aromatic rings. The van der Waals surface area contributed by atoms with Crippen LogP contribution in [0.4, 0.5) is 11.4 Å². The molecule has 7 nitrogen and oxygen atoms in total. The fourth-order valence-corrected chi connectivity index (χ4v) is 3.44. The first-order valence-electron chi connectivity index (χ1n) is 9.39. The molecule has 0 atom stereocenters. The van der Waals surface area contributed by atoms with Gasteiger partial charge in [-0.25, -0.2) is 8.42 Å². The van der Waals surface area contributed by atoms with E-state index in [2.05, 4.69) is 10.6 Å². The second-order valence-corrected chi connectivity index (χ2v) is 8.72. The summed E-state index contributed by atoms with van der Waals surface area (Å²) in [5.74, 6) is -0.326. The van der Waals surface area contributed by atoms with Crippen LogP contribution in [0.15, 0.2) is 47.4 Å².